The van der Waals surface area contributed by atoms with Gasteiger partial charge in [0.2, 0.25) is 0 Å². The second-order valence-corrected chi connectivity index (χ2v) is 6.98. The molecule has 1 N–H and O–H groups in total. The van der Waals surface area contributed by atoms with E-state index in [1.807, 2.05) is 0 Å². The lowest BCUT2D eigenvalue weighted by molar-refractivity contribution is -0.136. The van der Waals surface area contributed by atoms with Gasteiger partial charge >= 0.3 is 12.2 Å². The molecule has 2 aliphatic heterocycles. The summed E-state index contributed by atoms with van der Waals surface area (Å²) < 4.78 is 45.0. The van der Waals surface area contributed by atoms with Crippen LogP contribution in [-0.2, 0) is 10.9 Å². The van der Waals surface area contributed by atoms with Gasteiger partial charge in [0.05, 0.1) is 17.4 Å². The van der Waals surface area contributed by atoms with Gasteiger partial charge < -0.3 is 15.0 Å². The topological polar surface area (TPSA) is 44.8 Å². The first-order chi connectivity index (χ1) is 12.3. The number of ether oxygens (including phenoxy) is 1. The number of piperazine rings is 1. The summed E-state index contributed by atoms with van der Waals surface area (Å²) in [6.07, 6.45) is -2.21. The van der Waals surface area contributed by atoms with Gasteiger partial charge in [-0.25, -0.2) is 4.79 Å². The van der Waals surface area contributed by atoms with Crippen LogP contribution in [0.1, 0.15) is 18.4 Å². The Morgan fingerprint density at radius 3 is 2.62 bits per heavy atom. The summed E-state index contributed by atoms with van der Waals surface area (Å²) in [6.45, 7) is 3.93. The van der Waals surface area contributed by atoms with Crippen molar-refractivity contribution < 1.29 is 22.7 Å². The van der Waals surface area contributed by atoms with Crippen molar-refractivity contribution in [2.45, 2.75) is 25.1 Å². The van der Waals surface area contributed by atoms with Crippen LogP contribution in [0.15, 0.2) is 18.2 Å². The maximum atomic E-state index is 13.1. The Morgan fingerprint density at radius 2 is 2.00 bits per heavy atom. The van der Waals surface area contributed by atoms with E-state index in [0.29, 0.717) is 26.2 Å². The number of carbonyl (C=O) groups excluding carboxylic acids is 1. The Kier molecular flexibility index (Phi) is 5.94. The molecule has 144 valence electrons. The molecule has 0 radical (unpaired) electrons. The Morgan fingerprint density at radius 1 is 1.27 bits per heavy atom. The van der Waals surface area contributed by atoms with Crippen molar-refractivity contribution in [3.63, 3.8) is 0 Å². The Labute approximate surface area is 155 Å². The minimum Gasteiger partial charge on any atom is -0.377 e. The van der Waals surface area contributed by atoms with Crippen molar-refractivity contribution >= 4 is 23.3 Å². The molecule has 1 aromatic rings. The fourth-order valence-electron chi connectivity index (χ4n) is 3.26. The van der Waals surface area contributed by atoms with Crippen molar-refractivity contribution in [3.8, 4) is 0 Å². The van der Waals surface area contributed by atoms with Crippen LogP contribution in [0.3, 0.4) is 0 Å². The third-order valence-corrected chi connectivity index (χ3v) is 4.91. The summed E-state index contributed by atoms with van der Waals surface area (Å²) in [5.41, 5.74) is -1.23. The lowest BCUT2D eigenvalue weighted by atomic mass is 10.1. The first-order valence-corrected chi connectivity index (χ1v) is 8.97. The number of hydrogen-bond acceptors (Lipinski definition) is 3. The maximum Gasteiger partial charge on any atom is 0.418 e. The Bertz CT molecular complexity index is 643. The highest BCUT2D eigenvalue weighted by Gasteiger charge is 2.35. The fraction of sp³-hybridized carbons (Fsp3) is 0.588. The molecular formula is C17H21ClF3N3O2. The molecule has 9 heteroatoms. The predicted molar refractivity (Wildman–Crippen MR) is 92.5 cm³/mol. The summed E-state index contributed by atoms with van der Waals surface area (Å²) >= 11 is 5.66. The van der Waals surface area contributed by atoms with Crippen LogP contribution in [0.4, 0.5) is 23.7 Å². The first kappa shape index (κ1) is 19.3. The summed E-state index contributed by atoms with van der Waals surface area (Å²) in [5, 5.41) is 2.34. The number of halogens is 4. The van der Waals surface area contributed by atoms with Crippen LogP contribution in [0, 0.1) is 0 Å². The quantitative estimate of drug-likeness (QED) is 0.854. The largest absolute Gasteiger partial charge is 0.418 e. The lowest BCUT2D eigenvalue weighted by Gasteiger charge is -2.35. The van der Waals surface area contributed by atoms with Crippen LogP contribution in [-0.4, -0.2) is 61.3 Å². The van der Waals surface area contributed by atoms with E-state index in [2.05, 4.69) is 10.2 Å². The SMILES string of the molecule is O=C(Nc1ccc(Cl)cc1C(F)(F)F)N1CCN(CC2CCCO2)CC1. The molecule has 0 saturated carbocycles. The highest BCUT2D eigenvalue weighted by atomic mass is 35.5. The molecule has 5 nitrogen and oxygen atoms in total. The van der Waals surface area contributed by atoms with Crippen LogP contribution in [0.25, 0.3) is 0 Å². The van der Waals surface area contributed by atoms with Gasteiger partial charge in [-0.1, -0.05) is 11.6 Å². The number of amides is 2. The van der Waals surface area contributed by atoms with Crippen molar-refractivity contribution in [3.05, 3.63) is 28.8 Å². The average Bonchev–Trinajstić information content (AvgIpc) is 3.09. The van der Waals surface area contributed by atoms with Crippen LogP contribution in [0.2, 0.25) is 5.02 Å². The molecule has 1 aromatic carbocycles. The smallest absolute Gasteiger partial charge is 0.377 e. The Balaban J connectivity index is 1.56. The number of rotatable bonds is 3. The van der Waals surface area contributed by atoms with Gasteiger partial charge in [0.15, 0.2) is 0 Å². The summed E-state index contributed by atoms with van der Waals surface area (Å²) in [5.74, 6) is 0. The third kappa shape index (κ3) is 4.81. The monoisotopic (exact) mass is 391 g/mol. The molecule has 2 saturated heterocycles. The van der Waals surface area contributed by atoms with Gasteiger partial charge in [-0.3, -0.25) is 4.90 Å². The second kappa shape index (κ2) is 8.02. The van der Waals surface area contributed by atoms with Gasteiger partial charge in [-0.05, 0) is 31.0 Å². The van der Waals surface area contributed by atoms with Gasteiger partial charge in [-0.2, -0.15) is 13.2 Å². The van der Waals surface area contributed by atoms with E-state index in [-0.39, 0.29) is 16.8 Å². The van der Waals surface area contributed by atoms with Crippen molar-refractivity contribution in [2.24, 2.45) is 0 Å². The number of nitrogens with one attached hydrogen (secondary N) is 1. The van der Waals surface area contributed by atoms with Gasteiger partial charge in [0, 0.05) is 44.4 Å². The third-order valence-electron chi connectivity index (χ3n) is 4.67. The van der Waals surface area contributed by atoms with Gasteiger partial charge in [0.25, 0.3) is 0 Å². The molecule has 2 heterocycles. The average molecular weight is 392 g/mol. The lowest BCUT2D eigenvalue weighted by Crippen LogP contribution is -2.51. The number of carbonyl (C=O) groups is 1. The van der Waals surface area contributed by atoms with E-state index in [4.69, 9.17) is 16.3 Å². The number of alkyl halides is 3. The molecule has 3 rings (SSSR count). The maximum absolute atomic E-state index is 13.1. The van der Waals surface area contributed by atoms with E-state index in [1.54, 1.807) is 0 Å². The molecular weight excluding hydrogens is 371 g/mol. The molecule has 2 amide bonds. The first-order valence-electron chi connectivity index (χ1n) is 8.59. The summed E-state index contributed by atoms with van der Waals surface area (Å²) in [4.78, 5) is 16.1. The van der Waals surface area contributed by atoms with Gasteiger partial charge in [-0.15, -0.1) is 0 Å². The summed E-state index contributed by atoms with van der Waals surface area (Å²) in [7, 11) is 0. The number of benzene rings is 1. The normalized spacial score (nSPS) is 21.8. The van der Waals surface area contributed by atoms with E-state index >= 15 is 0 Å². The van der Waals surface area contributed by atoms with E-state index in [0.717, 1.165) is 32.1 Å². The zero-order valence-corrected chi connectivity index (χ0v) is 14.9. The molecule has 1 atom stereocenters. The zero-order valence-electron chi connectivity index (χ0n) is 14.2. The molecule has 1 unspecified atom stereocenters. The number of hydrogen-bond donors (Lipinski definition) is 1. The number of nitrogens with zero attached hydrogens (tertiary/aromatic N) is 2. The molecule has 0 spiro atoms. The fourth-order valence-corrected chi connectivity index (χ4v) is 3.44. The molecule has 26 heavy (non-hydrogen) atoms. The van der Waals surface area contributed by atoms with Crippen molar-refractivity contribution in [2.75, 3.05) is 44.6 Å². The van der Waals surface area contributed by atoms with Gasteiger partial charge in [0.1, 0.15) is 0 Å². The van der Waals surface area contributed by atoms with Crippen LogP contribution < -0.4 is 5.32 Å². The molecule has 0 bridgehead atoms. The predicted octanol–water partition coefficient (Wildman–Crippen LogP) is 3.69. The minimum atomic E-state index is -4.59. The van der Waals surface area contributed by atoms with E-state index < -0.39 is 17.8 Å². The van der Waals surface area contributed by atoms with Crippen LogP contribution >= 0.6 is 11.6 Å². The molecule has 0 aromatic heterocycles. The highest BCUT2D eigenvalue weighted by Crippen LogP contribution is 2.36. The molecule has 0 aliphatic carbocycles. The van der Waals surface area contributed by atoms with Crippen molar-refractivity contribution in [1.29, 1.82) is 0 Å². The molecule has 2 fully saturated rings. The standard InChI is InChI=1S/C17H21ClF3N3O2/c18-12-3-4-15(14(10-12)17(19,20)21)22-16(25)24-7-5-23(6-8-24)11-13-2-1-9-26-13/h3-4,10,13H,1-2,5-9,11H2,(H,22,25). The van der Waals surface area contributed by atoms with E-state index in [9.17, 15) is 18.0 Å². The minimum absolute atomic E-state index is 0.0296. The second-order valence-electron chi connectivity index (χ2n) is 6.54. The highest BCUT2D eigenvalue weighted by molar-refractivity contribution is 6.30. The molecule has 2 aliphatic rings. The summed E-state index contributed by atoms with van der Waals surface area (Å²) in [6, 6.07) is 2.79. The number of anilines is 1. The van der Waals surface area contributed by atoms with E-state index in [1.165, 1.54) is 17.0 Å². The number of urea groups is 1. The zero-order chi connectivity index (χ0) is 18.7. The van der Waals surface area contributed by atoms with Crippen LogP contribution in [0.5, 0.6) is 0 Å². The Hall–Kier alpha value is -1.51. The van der Waals surface area contributed by atoms with Crippen molar-refractivity contribution in [1.82, 2.24) is 9.80 Å².